The Labute approximate surface area is 214 Å². The Balaban J connectivity index is 1.41. The van der Waals surface area contributed by atoms with Gasteiger partial charge in [0, 0.05) is 11.6 Å². The summed E-state index contributed by atoms with van der Waals surface area (Å²) >= 11 is 0. The van der Waals surface area contributed by atoms with Crippen molar-refractivity contribution in [3.05, 3.63) is 114 Å². The number of Topliss-reactive ketones (excluding diaryl/α,β-unsaturated/α-hetero) is 1. The van der Waals surface area contributed by atoms with E-state index >= 15 is 0 Å². The van der Waals surface area contributed by atoms with Crippen molar-refractivity contribution >= 4 is 29.3 Å². The maximum absolute atomic E-state index is 13.3. The second-order valence-electron chi connectivity index (χ2n) is 8.05. The van der Waals surface area contributed by atoms with Crippen LogP contribution in [0.15, 0.2) is 103 Å². The maximum atomic E-state index is 13.3. The Morgan fingerprint density at radius 2 is 1.49 bits per heavy atom. The summed E-state index contributed by atoms with van der Waals surface area (Å²) in [4.78, 5) is 27.7. The predicted octanol–water partition coefficient (Wildman–Crippen LogP) is 6.66. The number of fused-ring (bicyclic) bond motifs is 1. The molecule has 1 heterocycles. The molecule has 0 aliphatic carbocycles. The Hall–Kier alpha value is -5.04. The smallest absolute Gasteiger partial charge is 0.424 e. The van der Waals surface area contributed by atoms with Crippen LogP contribution in [0.4, 0.5) is 16.2 Å². The molecule has 0 fully saturated rings. The Morgan fingerprint density at radius 1 is 0.811 bits per heavy atom. The van der Waals surface area contributed by atoms with E-state index in [0.29, 0.717) is 39.8 Å². The third kappa shape index (κ3) is 4.75. The number of amides is 1. The fourth-order valence-corrected chi connectivity index (χ4v) is 4.06. The van der Waals surface area contributed by atoms with Crippen LogP contribution in [0.3, 0.4) is 0 Å². The number of rotatable bonds is 6. The zero-order chi connectivity index (χ0) is 25.8. The lowest BCUT2D eigenvalue weighted by molar-refractivity contribution is 0.101. The number of carbonyl (C=O) groups excluding carboxylic acids is 2. The summed E-state index contributed by atoms with van der Waals surface area (Å²) in [6.45, 7) is 0. The molecular weight excluding hydrogens is 470 g/mol. The highest BCUT2D eigenvalue weighted by molar-refractivity contribution is 6.14. The van der Waals surface area contributed by atoms with Crippen molar-refractivity contribution in [2.75, 3.05) is 19.1 Å². The monoisotopic (exact) mass is 493 g/mol. The second-order valence-corrected chi connectivity index (χ2v) is 8.05. The van der Waals surface area contributed by atoms with E-state index in [1.165, 1.54) is 18.1 Å². The molecule has 37 heavy (non-hydrogen) atoms. The fourth-order valence-electron chi connectivity index (χ4n) is 4.06. The van der Waals surface area contributed by atoms with E-state index < -0.39 is 6.09 Å². The fraction of sp³-hybridized carbons (Fsp3) is 0.0667. The van der Waals surface area contributed by atoms with Gasteiger partial charge in [0.05, 0.1) is 31.2 Å². The highest BCUT2D eigenvalue weighted by Crippen LogP contribution is 2.38. The van der Waals surface area contributed by atoms with Gasteiger partial charge >= 0.3 is 6.09 Å². The zero-order valence-corrected chi connectivity index (χ0v) is 20.2. The van der Waals surface area contributed by atoms with E-state index in [4.69, 9.17) is 18.9 Å². The number of methoxy groups -OCH3 is 2. The van der Waals surface area contributed by atoms with Crippen molar-refractivity contribution in [2.24, 2.45) is 0 Å². The van der Waals surface area contributed by atoms with Crippen LogP contribution in [0.1, 0.15) is 15.9 Å². The van der Waals surface area contributed by atoms with Crippen molar-refractivity contribution in [3.63, 3.8) is 0 Å². The first kappa shape index (κ1) is 23.7. The number of benzene rings is 4. The summed E-state index contributed by atoms with van der Waals surface area (Å²) in [6, 6.07) is 28.5. The van der Waals surface area contributed by atoms with Gasteiger partial charge in [-0.25, -0.2) is 9.69 Å². The van der Waals surface area contributed by atoms with Crippen LogP contribution in [0.2, 0.25) is 0 Å². The van der Waals surface area contributed by atoms with E-state index in [-0.39, 0.29) is 17.3 Å². The van der Waals surface area contributed by atoms with Gasteiger partial charge in [0.15, 0.2) is 17.3 Å². The van der Waals surface area contributed by atoms with Crippen LogP contribution in [0, 0.1) is 0 Å². The molecule has 0 atom stereocenters. The molecule has 4 aromatic carbocycles. The summed E-state index contributed by atoms with van der Waals surface area (Å²) in [5.74, 6) is 1.41. The Morgan fingerprint density at radius 3 is 2.11 bits per heavy atom. The van der Waals surface area contributed by atoms with Gasteiger partial charge in [-0.15, -0.1) is 0 Å². The summed E-state index contributed by atoms with van der Waals surface area (Å²) in [6.07, 6.45) is 1.00. The zero-order valence-electron chi connectivity index (χ0n) is 20.2. The predicted molar refractivity (Wildman–Crippen MR) is 140 cm³/mol. The number of ether oxygens (including phenoxy) is 4. The lowest BCUT2D eigenvalue weighted by Crippen LogP contribution is -2.29. The highest BCUT2D eigenvalue weighted by Gasteiger charge is 2.29. The maximum Gasteiger partial charge on any atom is 0.424 e. The minimum Gasteiger partial charge on any atom is -0.493 e. The highest BCUT2D eigenvalue weighted by atomic mass is 16.6. The largest absolute Gasteiger partial charge is 0.493 e. The summed E-state index contributed by atoms with van der Waals surface area (Å²) < 4.78 is 22.3. The van der Waals surface area contributed by atoms with Crippen molar-refractivity contribution in [2.45, 2.75) is 0 Å². The molecule has 0 saturated heterocycles. The number of anilines is 2. The van der Waals surface area contributed by atoms with Gasteiger partial charge in [-0.1, -0.05) is 48.5 Å². The third-order valence-electron chi connectivity index (χ3n) is 5.78. The molecule has 1 amide bonds. The number of ketones is 1. The Kier molecular flexibility index (Phi) is 6.59. The number of hydrogen-bond acceptors (Lipinski definition) is 6. The first-order valence-corrected chi connectivity index (χ1v) is 11.5. The molecule has 0 N–H and O–H groups in total. The van der Waals surface area contributed by atoms with E-state index in [9.17, 15) is 9.59 Å². The van der Waals surface area contributed by atoms with Crippen LogP contribution in [0.25, 0.3) is 6.08 Å². The molecule has 5 rings (SSSR count). The third-order valence-corrected chi connectivity index (χ3v) is 5.78. The number of hydrogen-bond donors (Lipinski definition) is 0. The molecule has 7 heteroatoms. The lowest BCUT2D eigenvalue weighted by atomic mass is 10.1. The molecule has 0 saturated carbocycles. The number of nitrogens with zero attached hydrogens (tertiary/aromatic N) is 1. The molecule has 1 aliphatic rings. The van der Waals surface area contributed by atoms with Crippen molar-refractivity contribution < 1.29 is 28.5 Å². The minimum absolute atomic E-state index is 0.125. The SMILES string of the molecule is COc1cccc(C=C2Oc3cc(OC(=O)N(c4ccccc4)c4ccccc4)ccc3C2=O)c1OC. The van der Waals surface area contributed by atoms with E-state index in [0.717, 1.165) is 0 Å². The van der Waals surface area contributed by atoms with Gasteiger partial charge in [-0.3, -0.25) is 4.79 Å². The number of para-hydroxylation sites is 3. The van der Waals surface area contributed by atoms with E-state index in [1.807, 2.05) is 60.7 Å². The first-order valence-electron chi connectivity index (χ1n) is 11.5. The summed E-state index contributed by atoms with van der Waals surface area (Å²) in [5, 5.41) is 0. The minimum atomic E-state index is -0.599. The van der Waals surface area contributed by atoms with Crippen molar-refractivity contribution in [1.82, 2.24) is 0 Å². The Bertz CT molecular complexity index is 1440. The van der Waals surface area contributed by atoms with Gasteiger partial charge in [0.25, 0.3) is 0 Å². The van der Waals surface area contributed by atoms with Gasteiger partial charge in [-0.05, 0) is 48.5 Å². The molecular formula is C30H23NO6. The standard InChI is InChI=1S/C30H23NO6/c1-34-25-15-9-10-20(29(25)35-2)18-27-28(32)24-17-16-23(19-26(24)37-27)36-30(33)31(21-11-5-3-6-12-21)22-13-7-4-8-14-22/h3-19H,1-2H3. The van der Waals surface area contributed by atoms with Crippen LogP contribution < -0.4 is 23.8 Å². The van der Waals surface area contributed by atoms with Crippen molar-refractivity contribution in [3.8, 4) is 23.0 Å². The van der Waals surface area contributed by atoms with E-state index in [1.54, 1.807) is 43.5 Å². The molecule has 4 aromatic rings. The van der Waals surface area contributed by atoms with Crippen LogP contribution in [-0.4, -0.2) is 26.1 Å². The quantitative estimate of drug-likeness (QED) is 0.280. The van der Waals surface area contributed by atoms with Crippen LogP contribution in [-0.2, 0) is 0 Å². The van der Waals surface area contributed by atoms with Crippen molar-refractivity contribution in [1.29, 1.82) is 0 Å². The average Bonchev–Trinajstić information content (AvgIpc) is 3.23. The first-order chi connectivity index (χ1) is 18.1. The molecule has 0 radical (unpaired) electrons. The molecule has 184 valence electrons. The van der Waals surface area contributed by atoms with Gasteiger partial charge < -0.3 is 18.9 Å². The normalized spacial score (nSPS) is 13.0. The molecule has 0 bridgehead atoms. The molecule has 0 spiro atoms. The second kappa shape index (κ2) is 10.3. The van der Waals surface area contributed by atoms with E-state index in [2.05, 4.69) is 0 Å². The average molecular weight is 494 g/mol. The summed E-state index contributed by atoms with van der Waals surface area (Å²) in [5.41, 5.74) is 2.31. The molecule has 7 nitrogen and oxygen atoms in total. The van der Waals surface area contributed by atoms with Gasteiger partial charge in [0.1, 0.15) is 11.5 Å². The molecule has 1 aliphatic heterocycles. The number of allylic oxidation sites excluding steroid dienone is 1. The van der Waals surface area contributed by atoms with Gasteiger partial charge in [-0.2, -0.15) is 0 Å². The molecule has 0 unspecified atom stereocenters. The topological polar surface area (TPSA) is 74.3 Å². The summed E-state index contributed by atoms with van der Waals surface area (Å²) in [7, 11) is 3.07. The number of carbonyl (C=O) groups is 2. The lowest BCUT2D eigenvalue weighted by Gasteiger charge is -2.22. The van der Waals surface area contributed by atoms with Gasteiger partial charge in [0.2, 0.25) is 5.78 Å². The van der Waals surface area contributed by atoms with Crippen LogP contribution >= 0.6 is 0 Å². The van der Waals surface area contributed by atoms with Crippen LogP contribution in [0.5, 0.6) is 23.0 Å². The molecule has 0 aromatic heterocycles.